The molecule has 2 aliphatic rings. The molecule has 374 valence electrons. The van der Waals surface area contributed by atoms with Gasteiger partial charge in [0.05, 0.1) is 50.2 Å². The first-order valence-corrected chi connectivity index (χ1v) is 27.1. The van der Waals surface area contributed by atoms with E-state index in [2.05, 4.69) is 158 Å². The smallest absolute Gasteiger partial charge is 0.183 e. The molecule has 16 aromatic rings. The Balaban J connectivity index is 1.18. The average Bonchev–Trinajstić information content (AvgIpc) is 4.44. The second-order valence-corrected chi connectivity index (χ2v) is 21.2. The van der Waals surface area contributed by atoms with Crippen molar-refractivity contribution in [3.8, 4) is 62.0 Å². The number of aromatic amines is 3. The largest absolute Gasteiger partial charge is 0.456 e. The SMILES string of the molecule is C1=NC2=NC(c3c(-c4nc5ncccc5[nH]4)c(-c4cccc5oc6ccccc6c45)c(-c4cc5ccccc5nn4)c4c3c(-c3n[nH]c5ccccc35)c(-c3ccn5ccccc35)n4-c3cccc4c3[nH]c3ccccc34)SC2=N1. The molecule has 80 heavy (non-hydrogen) atoms. The van der Waals surface area contributed by atoms with Crippen molar-refractivity contribution in [1.82, 2.24) is 49.3 Å². The minimum absolute atomic E-state index is 0.567. The summed E-state index contributed by atoms with van der Waals surface area (Å²) in [4.78, 5) is 33.3. The lowest BCUT2D eigenvalue weighted by molar-refractivity contribution is 0.669. The number of para-hydroxylation sites is 4. The molecule has 0 bridgehead atoms. The van der Waals surface area contributed by atoms with Crippen LogP contribution in [0.25, 0.3) is 155 Å². The van der Waals surface area contributed by atoms with Gasteiger partial charge in [0, 0.05) is 95.2 Å². The van der Waals surface area contributed by atoms with Gasteiger partial charge in [-0.1, -0.05) is 115 Å². The van der Waals surface area contributed by atoms with Crippen molar-refractivity contribution in [3.63, 3.8) is 0 Å². The number of pyridine rings is 2. The molecule has 0 fully saturated rings. The maximum absolute atomic E-state index is 6.81. The second kappa shape index (κ2) is 16.4. The van der Waals surface area contributed by atoms with Gasteiger partial charge in [-0.05, 0) is 78.4 Å². The van der Waals surface area contributed by atoms with Crippen LogP contribution in [0.1, 0.15) is 10.9 Å². The van der Waals surface area contributed by atoms with Gasteiger partial charge in [-0.3, -0.25) is 5.10 Å². The monoisotopic (exact) mass is 1050 g/mol. The molecule has 0 saturated heterocycles. The predicted molar refractivity (Wildman–Crippen MR) is 322 cm³/mol. The van der Waals surface area contributed by atoms with Crippen LogP contribution >= 0.6 is 11.8 Å². The van der Waals surface area contributed by atoms with E-state index in [9.17, 15) is 0 Å². The number of fused-ring (bicyclic) bond motifs is 12. The van der Waals surface area contributed by atoms with Gasteiger partial charge in [0.1, 0.15) is 39.4 Å². The lowest BCUT2D eigenvalue weighted by Crippen LogP contribution is -2.06. The van der Waals surface area contributed by atoms with Gasteiger partial charge in [0.15, 0.2) is 11.5 Å². The number of imidazole rings is 1. The molecule has 7 aromatic carbocycles. The van der Waals surface area contributed by atoms with Gasteiger partial charge in [0.2, 0.25) is 0 Å². The predicted octanol–water partition coefficient (Wildman–Crippen LogP) is 15.4. The van der Waals surface area contributed by atoms with Gasteiger partial charge in [-0.2, -0.15) is 5.10 Å². The number of amidine groups is 1. The molecule has 1 unspecified atom stereocenters. The zero-order valence-electron chi connectivity index (χ0n) is 41.9. The van der Waals surface area contributed by atoms with Crippen molar-refractivity contribution in [2.24, 2.45) is 15.0 Å². The van der Waals surface area contributed by atoms with Crippen LogP contribution in [0.3, 0.4) is 0 Å². The van der Waals surface area contributed by atoms with E-state index in [0.717, 1.165) is 149 Å². The van der Waals surface area contributed by atoms with E-state index in [1.165, 1.54) is 0 Å². The lowest BCUT2D eigenvalue weighted by atomic mass is 9.83. The Morgan fingerprint density at radius 3 is 2.35 bits per heavy atom. The molecule has 0 radical (unpaired) electrons. The maximum atomic E-state index is 6.81. The van der Waals surface area contributed by atoms with E-state index in [1.54, 1.807) is 24.3 Å². The molecular weight excluding hydrogens is 1010 g/mol. The summed E-state index contributed by atoms with van der Waals surface area (Å²) in [6, 6.07) is 60.9. The van der Waals surface area contributed by atoms with Crippen molar-refractivity contribution in [3.05, 3.63) is 200 Å². The highest BCUT2D eigenvalue weighted by molar-refractivity contribution is 8.16. The Labute approximate surface area is 455 Å². The summed E-state index contributed by atoms with van der Waals surface area (Å²) in [5.41, 5.74) is 17.6. The molecule has 0 aliphatic carbocycles. The number of aromatic nitrogens is 10. The molecule has 0 saturated carbocycles. The van der Waals surface area contributed by atoms with Gasteiger partial charge < -0.3 is 23.4 Å². The van der Waals surface area contributed by atoms with Crippen LogP contribution in [0.4, 0.5) is 0 Å². The highest BCUT2D eigenvalue weighted by atomic mass is 32.2. The number of thioether (sulfide) groups is 1. The fourth-order valence-electron chi connectivity index (χ4n) is 12.6. The molecule has 3 N–H and O–H groups in total. The van der Waals surface area contributed by atoms with E-state index in [-0.39, 0.29) is 0 Å². The number of nitrogens with one attached hydrogen (secondary N) is 3. The molecule has 0 spiro atoms. The van der Waals surface area contributed by atoms with E-state index >= 15 is 0 Å². The van der Waals surface area contributed by atoms with Crippen LogP contribution < -0.4 is 0 Å². The summed E-state index contributed by atoms with van der Waals surface area (Å²) < 4.78 is 11.5. The van der Waals surface area contributed by atoms with Crippen molar-refractivity contribution < 1.29 is 4.42 Å². The first-order chi connectivity index (χ1) is 39.7. The Morgan fingerprint density at radius 1 is 0.600 bits per heavy atom. The molecule has 15 heteroatoms. The van der Waals surface area contributed by atoms with E-state index in [4.69, 9.17) is 44.7 Å². The van der Waals surface area contributed by atoms with E-state index < -0.39 is 5.37 Å². The zero-order chi connectivity index (χ0) is 52.2. The third-order valence-corrected chi connectivity index (χ3v) is 17.0. The highest BCUT2D eigenvalue weighted by Crippen LogP contribution is 2.59. The summed E-state index contributed by atoms with van der Waals surface area (Å²) >= 11 is 1.58. The number of H-pyrrole nitrogens is 3. The average molecular weight is 1050 g/mol. The molecule has 9 aromatic heterocycles. The van der Waals surface area contributed by atoms with Crippen LogP contribution in [0, 0.1) is 0 Å². The molecule has 18 rings (SSSR count). The number of hydrogen-bond acceptors (Lipinski definition) is 10. The zero-order valence-corrected chi connectivity index (χ0v) is 42.7. The van der Waals surface area contributed by atoms with Crippen molar-refractivity contribution in [2.45, 2.75) is 5.37 Å². The van der Waals surface area contributed by atoms with Crippen molar-refractivity contribution >= 4 is 122 Å². The topological polar surface area (TPSA) is 171 Å². The number of furan rings is 1. The maximum Gasteiger partial charge on any atom is 0.183 e. The molecule has 1 atom stereocenters. The Morgan fingerprint density at radius 2 is 1.41 bits per heavy atom. The minimum Gasteiger partial charge on any atom is -0.456 e. The normalized spacial score (nSPS) is 14.4. The minimum atomic E-state index is -0.613. The summed E-state index contributed by atoms with van der Waals surface area (Å²) in [7, 11) is 0. The third kappa shape index (κ3) is 6.08. The lowest BCUT2D eigenvalue weighted by Gasteiger charge is -2.24. The van der Waals surface area contributed by atoms with Crippen molar-refractivity contribution in [2.75, 3.05) is 0 Å². The highest BCUT2D eigenvalue weighted by Gasteiger charge is 2.41. The Hall–Kier alpha value is -10.8. The molecule has 14 nitrogen and oxygen atoms in total. The van der Waals surface area contributed by atoms with E-state index in [0.29, 0.717) is 23.0 Å². The molecular formula is C65H37N13OS. The molecule has 11 heterocycles. The second-order valence-electron chi connectivity index (χ2n) is 20.2. The van der Waals surface area contributed by atoms with Gasteiger partial charge >= 0.3 is 0 Å². The van der Waals surface area contributed by atoms with Crippen LogP contribution in [0.15, 0.2) is 214 Å². The van der Waals surface area contributed by atoms with Gasteiger partial charge in [-0.15, -0.1) is 10.2 Å². The fraction of sp³-hybridized carbons (Fsp3) is 0.0154. The van der Waals surface area contributed by atoms with Crippen LogP contribution in [0.2, 0.25) is 0 Å². The first kappa shape index (κ1) is 43.3. The number of aliphatic imine (C=N–C) groups is 3. The summed E-state index contributed by atoms with van der Waals surface area (Å²) in [6.45, 7) is 0. The number of nitrogens with zero attached hydrogens (tertiary/aromatic N) is 10. The standard InChI is InChI=1S/C65H37N13OS/c1-5-20-41-34(14-1)32-45(75-73-41)52-51(40-19-12-27-49-50(40)39-17-4-8-26-48(39)79-49)54(62-70-44-23-13-29-66-61(44)71-62)55(64-72-63-65(80-64)68-33-67-63)53-56(58-37-16-3-7-22-43(37)74-76-58)59(38-28-31-77-30-10-9-24-46(38)77)78(60(52)53)47-25-11-18-36-35-15-2-6-21-42(35)69-57(36)47/h1-33,64,69H,(H,74,76)(H,66,70,71). The quantitative estimate of drug-likeness (QED) is 0.143. The fourth-order valence-corrected chi connectivity index (χ4v) is 13.6. The third-order valence-electron chi connectivity index (χ3n) is 15.9. The number of rotatable bonds is 7. The van der Waals surface area contributed by atoms with Crippen LogP contribution in [0.5, 0.6) is 0 Å². The Kier molecular flexibility index (Phi) is 8.87. The van der Waals surface area contributed by atoms with E-state index in [1.807, 2.05) is 54.6 Å². The molecule has 2 aliphatic heterocycles. The summed E-state index contributed by atoms with van der Waals surface area (Å²) in [5.74, 6) is 1.17. The Bertz CT molecular complexity index is 5420. The summed E-state index contributed by atoms with van der Waals surface area (Å²) in [6.07, 6.45) is 7.61. The van der Waals surface area contributed by atoms with Gasteiger partial charge in [-0.25, -0.2) is 24.9 Å². The number of hydrogen-bond donors (Lipinski definition) is 3. The van der Waals surface area contributed by atoms with Crippen molar-refractivity contribution in [1.29, 1.82) is 0 Å². The number of benzene rings is 7. The van der Waals surface area contributed by atoms with Crippen LogP contribution in [-0.4, -0.2) is 66.5 Å². The van der Waals surface area contributed by atoms with Gasteiger partial charge in [0.25, 0.3) is 0 Å². The van der Waals surface area contributed by atoms with Crippen LogP contribution in [-0.2, 0) is 0 Å². The summed E-state index contributed by atoms with van der Waals surface area (Å²) in [5, 5.41) is 26.3. The molecule has 0 amide bonds. The first-order valence-electron chi connectivity index (χ1n) is 26.3.